The summed E-state index contributed by atoms with van der Waals surface area (Å²) in [7, 11) is 0. The summed E-state index contributed by atoms with van der Waals surface area (Å²) in [4.78, 5) is 0. The van der Waals surface area contributed by atoms with Gasteiger partial charge in [0.2, 0.25) is 0 Å². The van der Waals surface area contributed by atoms with Crippen molar-refractivity contribution in [3.05, 3.63) is 0 Å². The lowest BCUT2D eigenvalue weighted by Crippen LogP contribution is -1.84. The molecule has 0 spiro atoms. The molecule has 1 rings (SSSR count). The molecule has 0 fully saturated rings. The topological polar surface area (TPSA) is 25.8 Å². The Balaban J connectivity index is 1.79. The third kappa shape index (κ3) is 26.9. The second-order valence-corrected chi connectivity index (χ2v) is 15.4. The molecule has 0 unspecified atom stereocenters. The largest absolute Gasteiger partial charge is 0.175 e. The Hall–Kier alpha value is 0.260. The number of hydrogen-bond donors (Lipinski definition) is 0. The molecule has 0 N–H and O–H groups in total. The normalized spacial score (nSPS) is 11.5. The fourth-order valence-electron chi connectivity index (χ4n) is 5.23. The van der Waals surface area contributed by atoms with Crippen LogP contribution < -0.4 is 0 Å². The van der Waals surface area contributed by atoms with Crippen LogP contribution in [0.15, 0.2) is 8.68 Å². The van der Waals surface area contributed by atoms with Gasteiger partial charge >= 0.3 is 0 Å². The molecule has 1 heterocycles. The lowest BCUT2D eigenvalue weighted by atomic mass is 10.0. The van der Waals surface area contributed by atoms with E-state index in [-0.39, 0.29) is 0 Å². The number of aromatic nitrogens is 2. The zero-order valence-electron chi connectivity index (χ0n) is 26.3. The van der Waals surface area contributed by atoms with Crippen molar-refractivity contribution < 1.29 is 0 Å². The molecular formula is C34H66N2S3. The lowest BCUT2D eigenvalue weighted by Gasteiger charge is -2.03. The van der Waals surface area contributed by atoms with Crippen LogP contribution in [0.1, 0.15) is 194 Å². The predicted molar refractivity (Wildman–Crippen MR) is 182 cm³/mol. The Kier molecular flexibility index (Phi) is 29.8. The molecule has 1 aromatic rings. The molecule has 1 aromatic heterocycles. The Morgan fingerprint density at radius 2 is 0.590 bits per heavy atom. The number of nitrogens with zero attached hydrogens (tertiary/aromatic N) is 2. The maximum Gasteiger partial charge on any atom is 0.175 e. The number of thioether (sulfide) groups is 2. The molecular weight excluding hydrogens is 533 g/mol. The summed E-state index contributed by atoms with van der Waals surface area (Å²) < 4.78 is 2.35. The van der Waals surface area contributed by atoms with E-state index in [1.165, 1.54) is 200 Å². The summed E-state index contributed by atoms with van der Waals surface area (Å²) in [5, 5.41) is 8.84. The van der Waals surface area contributed by atoms with Crippen LogP contribution in [-0.4, -0.2) is 21.7 Å². The van der Waals surface area contributed by atoms with E-state index >= 15 is 0 Å². The van der Waals surface area contributed by atoms with Crippen LogP contribution in [0.2, 0.25) is 0 Å². The first kappa shape index (κ1) is 37.3. The van der Waals surface area contributed by atoms with Gasteiger partial charge in [-0.1, -0.05) is 216 Å². The van der Waals surface area contributed by atoms with E-state index in [1.54, 1.807) is 0 Å². The Bertz CT molecular complexity index is 544. The minimum atomic E-state index is 1.17. The van der Waals surface area contributed by atoms with Gasteiger partial charge in [0.25, 0.3) is 0 Å². The van der Waals surface area contributed by atoms with Gasteiger partial charge in [-0.05, 0) is 12.8 Å². The quantitative estimate of drug-likeness (QED) is 0.0608. The maximum atomic E-state index is 4.42. The van der Waals surface area contributed by atoms with Crippen molar-refractivity contribution in [2.24, 2.45) is 0 Å². The molecule has 0 amide bonds. The van der Waals surface area contributed by atoms with Crippen molar-refractivity contribution in [1.82, 2.24) is 10.2 Å². The van der Waals surface area contributed by atoms with Gasteiger partial charge in [-0.2, -0.15) is 0 Å². The summed E-state index contributed by atoms with van der Waals surface area (Å²) >= 11 is 5.65. The predicted octanol–water partition coefficient (Wildman–Crippen LogP) is 13.7. The molecule has 5 heteroatoms. The van der Waals surface area contributed by atoms with Gasteiger partial charge in [-0.15, -0.1) is 10.2 Å². The summed E-state index contributed by atoms with van der Waals surface area (Å²) in [6.45, 7) is 4.60. The molecule has 0 aromatic carbocycles. The first-order valence-corrected chi connectivity index (χ1v) is 20.2. The average Bonchev–Trinajstić information content (AvgIpc) is 3.40. The van der Waals surface area contributed by atoms with Gasteiger partial charge in [0, 0.05) is 11.5 Å². The van der Waals surface area contributed by atoms with Gasteiger partial charge in [0.15, 0.2) is 8.68 Å². The van der Waals surface area contributed by atoms with Crippen LogP contribution in [-0.2, 0) is 0 Å². The van der Waals surface area contributed by atoms with E-state index in [1.807, 2.05) is 34.9 Å². The van der Waals surface area contributed by atoms with Gasteiger partial charge in [0.05, 0.1) is 0 Å². The summed E-state index contributed by atoms with van der Waals surface area (Å²) in [6, 6.07) is 0. The average molecular weight is 599 g/mol. The lowest BCUT2D eigenvalue weighted by molar-refractivity contribution is 0.538. The molecule has 0 aliphatic carbocycles. The van der Waals surface area contributed by atoms with Crippen LogP contribution in [0.5, 0.6) is 0 Å². The Labute approximate surface area is 257 Å². The van der Waals surface area contributed by atoms with Crippen LogP contribution in [0, 0.1) is 0 Å². The second-order valence-electron chi connectivity index (χ2n) is 11.7. The Morgan fingerprint density at radius 3 is 0.846 bits per heavy atom. The standard InChI is InChI=1S/C34H66N2S3/c1-3-5-7-9-11-13-15-17-19-21-23-25-27-29-31-37-33-35-36-34(39-33)38-32-30-28-26-24-22-20-18-16-14-12-10-8-6-4-2/h3-32H2,1-2H3. The third-order valence-corrected chi connectivity index (χ3v) is 11.2. The van der Waals surface area contributed by atoms with Crippen LogP contribution >= 0.6 is 34.9 Å². The van der Waals surface area contributed by atoms with Crippen molar-refractivity contribution in [2.45, 2.75) is 202 Å². The molecule has 39 heavy (non-hydrogen) atoms. The van der Waals surface area contributed by atoms with E-state index in [4.69, 9.17) is 0 Å². The van der Waals surface area contributed by atoms with E-state index < -0.39 is 0 Å². The van der Waals surface area contributed by atoms with Gasteiger partial charge < -0.3 is 0 Å². The minimum Gasteiger partial charge on any atom is -0.131 e. The molecule has 0 bridgehead atoms. The highest BCUT2D eigenvalue weighted by Gasteiger charge is 2.05. The first-order chi connectivity index (χ1) is 19.4. The first-order valence-electron chi connectivity index (χ1n) is 17.5. The van der Waals surface area contributed by atoms with Gasteiger partial charge in [-0.3, -0.25) is 0 Å². The molecule has 0 aliphatic heterocycles. The van der Waals surface area contributed by atoms with Crippen molar-refractivity contribution in [2.75, 3.05) is 11.5 Å². The zero-order chi connectivity index (χ0) is 27.9. The second kappa shape index (κ2) is 31.2. The molecule has 0 saturated carbocycles. The summed E-state index contributed by atoms with van der Waals surface area (Å²) in [6.07, 6.45) is 40.0. The van der Waals surface area contributed by atoms with Crippen molar-refractivity contribution in [3.63, 3.8) is 0 Å². The number of hydrogen-bond acceptors (Lipinski definition) is 5. The smallest absolute Gasteiger partial charge is 0.131 e. The maximum absolute atomic E-state index is 4.42. The summed E-state index contributed by atoms with van der Waals surface area (Å²) in [5.41, 5.74) is 0. The monoisotopic (exact) mass is 598 g/mol. The number of unbranched alkanes of at least 4 members (excludes halogenated alkanes) is 26. The van der Waals surface area contributed by atoms with Gasteiger partial charge in [0.1, 0.15) is 0 Å². The molecule has 0 saturated heterocycles. The van der Waals surface area contributed by atoms with Crippen molar-refractivity contribution in [3.8, 4) is 0 Å². The SMILES string of the molecule is CCCCCCCCCCCCCCCCSc1nnc(SCCCCCCCCCCCCCCCC)s1. The van der Waals surface area contributed by atoms with Gasteiger partial charge in [-0.25, -0.2) is 0 Å². The molecule has 0 atom stereocenters. The molecule has 230 valence electrons. The van der Waals surface area contributed by atoms with Crippen LogP contribution in [0.25, 0.3) is 0 Å². The Morgan fingerprint density at radius 1 is 0.359 bits per heavy atom. The van der Waals surface area contributed by atoms with Crippen molar-refractivity contribution in [1.29, 1.82) is 0 Å². The van der Waals surface area contributed by atoms with E-state index in [0.29, 0.717) is 0 Å². The van der Waals surface area contributed by atoms with Crippen molar-refractivity contribution >= 4 is 34.9 Å². The van der Waals surface area contributed by atoms with E-state index in [0.717, 1.165) is 0 Å². The highest BCUT2D eigenvalue weighted by atomic mass is 32.2. The van der Waals surface area contributed by atoms with E-state index in [9.17, 15) is 0 Å². The summed E-state index contributed by atoms with van der Waals surface area (Å²) in [5.74, 6) is 2.41. The number of rotatable bonds is 32. The van der Waals surface area contributed by atoms with Crippen LogP contribution in [0.4, 0.5) is 0 Å². The fourth-order valence-corrected chi connectivity index (χ4v) is 8.39. The van der Waals surface area contributed by atoms with Crippen LogP contribution in [0.3, 0.4) is 0 Å². The highest BCUT2D eigenvalue weighted by molar-refractivity contribution is 8.03. The third-order valence-electron chi connectivity index (χ3n) is 7.83. The molecule has 2 nitrogen and oxygen atoms in total. The minimum absolute atomic E-state index is 1.17. The van der Waals surface area contributed by atoms with E-state index in [2.05, 4.69) is 24.0 Å². The molecule has 0 radical (unpaired) electrons. The highest BCUT2D eigenvalue weighted by Crippen LogP contribution is 2.30. The molecule has 0 aliphatic rings. The zero-order valence-corrected chi connectivity index (χ0v) is 28.8. The fraction of sp³-hybridized carbons (Fsp3) is 0.941.